The van der Waals surface area contributed by atoms with Gasteiger partial charge in [0.05, 0.1) is 11.4 Å². The molecule has 0 N–H and O–H groups in total. The summed E-state index contributed by atoms with van der Waals surface area (Å²) in [7, 11) is 0. The van der Waals surface area contributed by atoms with Crippen molar-refractivity contribution in [3.05, 3.63) is 59.2 Å². The number of aliphatic imine (C=N–C) groups is 1. The summed E-state index contributed by atoms with van der Waals surface area (Å²) in [5.41, 5.74) is 3.62. The second-order valence-corrected chi connectivity index (χ2v) is 4.43. The molecule has 0 saturated heterocycles. The SMILES string of the molecule is CC(=NCC#Cc1cccc(C=O)n1)c1cccc(C)n1. The molecule has 0 aliphatic rings. The summed E-state index contributed by atoms with van der Waals surface area (Å²) in [6, 6.07) is 11.0. The first-order valence-corrected chi connectivity index (χ1v) is 6.55. The summed E-state index contributed by atoms with van der Waals surface area (Å²) in [5, 5.41) is 0. The summed E-state index contributed by atoms with van der Waals surface area (Å²) >= 11 is 0. The van der Waals surface area contributed by atoms with Gasteiger partial charge in [-0.2, -0.15) is 0 Å². The number of aromatic nitrogens is 2. The van der Waals surface area contributed by atoms with Gasteiger partial charge in [0.15, 0.2) is 6.29 Å². The Morgan fingerprint density at radius 3 is 2.81 bits per heavy atom. The molecule has 0 radical (unpaired) electrons. The van der Waals surface area contributed by atoms with Crippen LogP contribution in [-0.2, 0) is 0 Å². The Labute approximate surface area is 124 Å². The first kappa shape index (κ1) is 14.6. The maximum Gasteiger partial charge on any atom is 0.168 e. The Morgan fingerprint density at radius 1 is 1.24 bits per heavy atom. The summed E-state index contributed by atoms with van der Waals surface area (Å²) < 4.78 is 0. The van der Waals surface area contributed by atoms with E-state index in [4.69, 9.17) is 0 Å². The van der Waals surface area contributed by atoms with Crippen LogP contribution >= 0.6 is 0 Å². The number of carbonyl (C=O) groups excluding carboxylic acids is 1. The van der Waals surface area contributed by atoms with Gasteiger partial charge in [-0.05, 0) is 44.0 Å². The smallest absolute Gasteiger partial charge is 0.168 e. The highest BCUT2D eigenvalue weighted by Crippen LogP contribution is 2.00. The Kier molecular flexibility index (Phi) is 4.94. The van der Waals surface area contributed by atoms with Crippen molar-refractivity contribution >= 4 is 12.0 Å². The Hall–Kier alpha value is -2.80. The normalized spacial score (nSPS) is 10.7. The van der Waals surface area contributed by atoms with Crippen molar-refractivity contribution in [1.29, 1.82) is 0 Å². The highest BCUT2D eigenvalue weighted by Gasteiger charge is 1.97. The monoisotopic (exact) mass is 277 g/mol. The van der Waals surface area contributed by atoms with Crippen molar-refractivity contribution in [2.24, 2.45) is 4.99 Å². The second-order valence-electron chi connectivity index (χ2n) is 4.43. The fourth-order valence-electron chi connectivity index (χ4n) is 1.70. The average Bonchev–Trinajstić information content (AvgIpc) is 2.51. The van der Waals surface area contributed by atoms with Crippen LogP contribution in [0.4, 0.5) is 0 Å². The van der Waals surface area contributed by atoms with Gasteiger partial charge in [-0.25, -0.2) is 4.98 Å². The largest absolute Gasteiger partial charge is 0.296 e. The minimum absolute atomic E-state index is 0.369. The summed E-state index contributed by atoms with van der Waals surface area (Å²) in [4.78, 5) is 23.5. The topological polar surface area (TPSA) is 55.2 Å². The van der Waals surface area contributed by atoms with Gasteiger partial charge in [-0.3, -0.25) is 14.8 Å². The number of nitrogens with zero attached hydrogens (tertiary/aromatic N) is 3. The van der Waals surface area contributed by atoms with E-state index < -0.39 is 0 Å². The van der Waals surface area contributed by atoms with E-state index in [0.717, 1.165) is 17.1 Å². The first-order chi connectivity index (χ1) is 10.2. The lowest BCUT2D eigenvalue weighted by atomic mass is 10.2. The lowest BCUT2D eigenvalue weighted by molar-refractivity contribution is 0.111. The van der Waals surface area contributed by atoms with Crippen LogP contribution in [0.25, 0.3) is 0 Å². The van der Waals surface area contributed by atoms with E-state index in [-0.39, 0.29) is 0 Å². The van der Waals surface area contributed by atoms with Gasteiger partial charge in [-0.1, -0.05) is 18.1 Å². The van der Waals surface area contributed by atoms with Gasteiger partial charge in [0, 0.05) is 5.69 Å². The van der Waals surface area contributed by atoms with Crippen LogP contribution in [0.5, 0.6) is 0 Å². The lowest BCUT2D eigenvalue weighted by Gasteiger charge is -1.99. The van der Waals surface area contributed by atoms with E-state index in [2.05, 4.69) is 26.8 Å². The fraction of sp³-hybridized carbons (Fsp3) is 0.176. The number of hydrogen-bond donors (Lipinski definition) is 0. The summed E-state index contributed by atoms with van der Waals surface area (Å²) in [6.07, 6.45) is 0.705. The fourth-order valence-corrected chi connectivity index (χ4v) is 1.70. The van der Waals surface area contributed by atoms with Gasteiger partial charge in [0.2, 0.25) is 0 Å². The van der Waals surface area contributed by atoms with Crippen LogP contribution in [-0.4, -0.2) is 28.5 Å². The zero-order valence-electron chi connectivity index (χ0n) is 12.0. The zero-order valence-corrected chi connectivity index (χ0v) is 12.0. The van der Waals surface area contributed by atoms with Crippen molar-refractivity contribution in [3.8, 4) is 11.8 Å². The Balaban J connectivity index is 2.05. The maximum absolute atomic E-state index is 10.6. The molecule has 21 heavy (non-hydrogen) atoms. The summed E-state index contributed by atoms with van der Waals surface area (Å²) in [6.45, 7) is 4.23. The molecule has 104 valence electrons. The molecule has 0 saturated carbocycles. The summed E-state index contributed by atoms with van der Waals surface area (Å²) in [5.74, 6) is 5.81. The highest BCUT2D eigenvalue weighted by molar-refractivity contribution is 5.97. The number of aryl methyl sites for hydroxylation is 1. The van der Waals surface area contributed by atoms with Gasteiger partial charge in [0.25, 0.3) is 0 Å². The molecule has 0 unspecified atom stereocenters. The van der Waals surface area contributed by atoms with E-state index in [1.807, 2.05) is 32.0 Å². The molecule has 0 spiro atoms. The average molecular weight is 277 g/mol. The number of rotatable bonds is 3. The van der Waals surface area contributed by atoms with E-state index in [1.165, 1.54) is 0 Å². The van der Waals surface area contributed by atoms with Crippen LogP contribution < -0.4 is 0 Å². The predicted molar refractivity (Wildman–Crippen MR) is 82.6 cm³/mol. The number of carbonyl (C=O) groups is 1. The van der Waals surface area contributed by atoms with Crippen LogP contribution in [0.1, 0.15) is 34.5 Å². The standard InChI is InChI=1S/C17H15N3O/c1-13-6-3-10-17(19-13)14(2)18-11-5-9-15-7-4-8-16(12-21)20-15/h3-4,6-8,10,12H,11H2,1-2H3. The molecule has 0 fully saturated rings. The highest BCUT2D eigenvalue weighted by atomic mass is 16.1. The van der Waals surface area contributed by atoms with Gasteiger partial charge in [0.1, 0.15) is 17.9 Å². The van der Waals surface area contributed by atoms with Crippen LogP contribution in [0.15, 0.2) is 41.4 Å². The molecule has 0 aromatic carbocycles. The van der Waals surface area contributed by atoms with E-state index >= 15 is 0 Å². The van der Waals surface area contributed by atoms with Crippen LogP contribution in [0.3, 0.4) is 0 Å². The van der Waals surface area contributed by atoms with Crippen molar-refractivity contribution in [2.75, 3.05) is 6.54 Å². The minimum Gasteiger partial charge on any atom is -0.296 e. The third kappa shape index (κ3) is 4.36. The quantitative estimate of drug-likeness (QED) is 0.492. The lowest BCUT2D eigenvalue weighted by Crippen LogP contribution is -2.00. The van der Waals surface area contributed by atoms with Gasteiger partial charge in [-0.15, -0.1) is 0 Å². The van der Waals surface area contributed by atoms with Crippen molar-refractivity contribution in [3.63, 3.8) is 0 Å². The predicted octanol–water partition coefficient (Wildman–Crippen LogP) is 2.46. The first-order valence-electron chi connectivity index (χ1n) is 6.55. The van der Waals surface area contributed by atoms with Crippen LogP contribution in [0, 0.1) is 18.8 Å². The van der Waals surface area contributed by atoms with Crippen molar-refractivity contribution in [1.82, 2.24) is 9.97 Å². The minimum atomic E-state index is 0.369. The molecular formula is C17H15N3O. The molecule has 2 heterocycles. The van der Waals surface area contributed by atoms with Crippen LogP contribution in [0.2, 0.25) is 0 Å². The molecular weight excluding hydrogens is 262 g/mol. The molecule has 0 aliphatic heterocycles. The Bertz CT molecular complexity index is 739. The van der Waals surface area contributed by atoms with E-state index in [9.17, 15) is 4.79 Å². The number of pyridine rings is 2. The zero-order chi connectivity index (χ0) is 15.1. The Morgan fingerprint density at radius 2 is 2.05 bits per heavy atom. The van der Waals surface area contributed by atoms with E-state index in [1.54, 1.807) is 18.2 Å². The maximum atomic E-state index is 10.6. The molecule has 2 aromatic heterocycles. The van der Waals surface area contributed by atoms with Crippen molar-refractivity contribution < 1.29 is 4.79 Å². The number of aldehydes is 1. The second kappa shape index (κ2) is 7.11. The molecule has 2 rings (SSSR count). The molecule has 0 bridgehead atoms. The van der Waals surface area contributed by atoms with Crippen molar-refractivity contribution in [2.45, 2.75) is 13.8 Å². The molecule has 4 heteroatoms. The molecule has 2 aromatic rings. The molecule has 0 aliphatic carbocycles. The third-order valence-corrected chi connectivity index (χ3v) is 2.76. The van der Waals surface area contributed by atoms with E-state index in [0.29, 0.717) is 24.2 Å². The van der Waals surface area contributed by atoms with Gasteiger partial charge >= 0.3 is 0 Å². The molecule has 0 atom stereocenters. The third-order valence-electron chi connectivity index (χ3n) is 2.76. The molecule has 0 amide bonds. The number of hydrogen-bond acceptors (Lipinski definition) is 4. The van der Waals surface area contributed by atoms with Gasteiger partial charge < -0.3 is 0 Å². The molecule has 4 nitrogen and oxygen atoms in total.